The van der Waals surface area contributed by atoms with Crippen LogP contribution >= 0.6 is 0 Å². The Bertz CT molecular complexity index is 389. The number of rotatable bonds is 4. The van der Waals surface area contributed by atoms with Crippen LogP contribution in [-0.4, -0.2) is 19.6 Å². The molecule has 0 heterocycles. The maximum absolute atomic E-state index is 11.4. The number of nitrogens with one attached hydrogen (secondary N) is 1. The minimum Gasteiger partial charge on any atom is -0.375 e. The maximum atomic E-state index is 11.4. The summed E-state index contributed by atoms with van der Waals surface area (Å²) in [7, 11) is 1.49. The number of hydrogen-bond donors (Lipinski definition) is 2. The summed E-state index contributed by atoms with van der Waals surface area (Å²) < 4.78 is 4.76. The SMILES string of the molecule is COCC(=O)Nc1ccc(C)c(CN)c1C. The Kier molecular flexibility index (Phi) is 4.46. The number of carbonyl (C=O) groups excluding carboxylic acids is 1. The molecule has 1 rings (SSSR count). The first-order valence-corrected chi connectivity index (χ1v) is 5.18. The van der Waals surface area contributed by atoms with Crippen molar-refractivity contribution in [1.29, 1.82) is 0 Å². The van der Waals surface area contributed by atoms with Crippen LogP contribution in [0.2, 0.25) is 0 Å². The number of amides is 1. The fraction of sp³-hybridized carbons (Fsp3) is 0.417. The average Bonchev–Trinajstić information content (AvgIpc) is 2.23. The molecule has 3 N–H and O–H groups in total. The number of aryl methyl sites for hydroxylation is 1. The van der Waals surface area contributed by atoms with E-state index in [9.17, 15) is 4.79 Å². The van der Waals surface area contributed by atoms with Crippen LogP contribution in [0.3, 0.4) is 0 Å². The number of benzene rings is 1. The summed E-state index contributed by atoms with van der Waals surface area (Å²) in [6, 6.07) is 3.84. The van der Waals surface area contributed by atoms with Crippen molar-refractivity contribution >= 4 is 11.6 Å². The molecule has 0 unspecified atom stereocenters. The molecule has 0 aliphatic carbocycles. The Hall–Kier alpha value is -1.39. The van der Waals surface area contributed by atoms with E-state index in [2.05, 4.69) is 5.32 Å². The molecule has 0 aromatic heterocycles. The molecule has 0 aliphatic heterocycles. The van der Waals surface area contributed by atoms with Gasteiger partial charge in [0.05, 0.1) is 0 Å². The molecule has 88 valence electrons. The molecule has 0 saturated heterocycles. The lowest BCUT2D eigenvalue weighted by atomic mass is 10.0. The lowest BCUT2D eigenvalue weighted by molar-refractivity contribution is -0.119. The Morgan fingerprint density at radius 1 is 1.44 bits per heavy atom. The summed E-state index contributed by atoms with van der Waals surface area (Å²) >= 11 is 0. The lowest BCUT2D eigenvalue weighted by Gasteiger charge is -2.13. The predicted octanol–water partition coefficient (Wildman–Crippen LogP) is 1.35. The first-order chi connectivity index (χ1) is 7.60. The van der Waals surface area contributed by atoms with Gasteiger partial charge in [-0.05, 0) is 36.6 Å². The average molecular weight is 222 g/mol. The van der Waals surface area contributed by atoms with Crippen molar-refractivity contribution in [2.24, 2.45) is 5.73 Å². The van der Waals surface area contributed by atoms with Gasteiger partial charge < -0.3 is 15.8 Å². The molecular weight excluding hydrogens is 204 g/mol. The van der Waals surface area contributed by atoms with Crippen LogP contribution in [0.15, 0.2) is 12.1 Å². The van der Waals surface area contributed by atoms with Crippen LogP contribution in [0.5, 0.6) is 0 Å². The zero-order valence-electron chi connectivity index (χ0n) is 9.96. The summed E-state index contributed by atoms with van der Waals surface area (Å²) in [5.74, 6) is -0.155. The highest BCUT2D eigenvalue weighted by molar-refractivity contribution is 5.92. The van der Waals surface area contributed by atoms with E-state index in [0.717, 1.165) is 22.4 Å². The third-order valence-electron chi connectivity index (χ3n) is 2.59. The Labute approximate surface area is 95.8 Å². The van der Waals surface area contributed by atoms with Gasteiger partial charge in [-0.2, -0.15) is 0 Å². The van der Waals surface area contributed by atoms with E-state index in [-0.39, 0.29) is 12.5 Å². The van der Waals surface area contributed by atoms with Crippen LogP contribution in [0.1, 0.15) is 16.7 Å². The molecule has 0 saturated carbocycles. The molecule has 1 aromatic rings. The summed E-state index contributed by atoms with van der Waals surface area (Å²) in [6.45, 7) is 4.50. The van der Waals surface area contributed by atoms with Gasteiger partial charge in [0.1, 0.15) is 6.61 Å². The molecule has 4 heteroatoms. The molecule has 0 radical (unpaired) electrons. The molecule has 0 bridgehead atoms. The van der Waals surface area contributed by atoms with Gasteiger partial charge in [0.25, 0.3) is 0 Å². The van der Waals surface area contributed by atoms with Crippen molar-refractivity contribution in [3.05, 3.63) is 28.8 Å². The molecular formula is C12H18N2O2. The van der Waals surface area contributed by atoms with E-state index >= 15 is 0 Å². The van der Waals surface area contributed by atoms with Crippen molar-refractivity contribution in [2.75, 3.05) is 19.0 Å². The quantitative estimate of drug-likeness (QED) is 0.808. The van der Waals surface area contributed by atoms with Crippen LogP contribution < -0.4 is 11.1 Å². The van der Waals surface area contributed by atoms with Crippen LogP contribution in [-0.2, 0) is 16.1 Å². The van der Waals surface area contributed by atoms with Gasteiger partial charge in [0, 0.05) is 19.3 Å². The second kappa shape index (κ2) is 5.63. The van der Waals surface area contributed by atoms with Gasteiger partial charge in [0.15, 0.2) is 0 Å². The summed E-state index contributed by atoms with van der Waals surface area (Å²) in [4.78, 5) is 11.4. The fourth-order valence-electron chi connectivity index (χ4n) is 1.66. The zero-order valence-corrected chi connectivity index (χ0v) is 9.96. The second-order valence-corrected chi connectivity index (χ2v) is 3.72. The van der Waals surface area contributed by atoms with E-state index < -0.39 is 0 Å². The largest absolute Gasteiger partial charge is 0.375 e. The number of methoxy groups -OCH3 is 1. The number of carbonyl (C=O) groups is 1. The molecule has 0 fully saturated rings. The fourth-order valence-corrected chi connectivity index (χ4v) is 1.66. The number of anilines is 1. The zero-order chi connectivity index (χ0) is 12.1. The van der Waals surface area contributed by atoms with E-state index in [4.69, 9.17) is 10.5 Å². The van der Waals surface area contributed by atoms with Gasteiger partial charge in [-0.25, -0.2) is 0 Å². The molecule has 0 atom stereocenters. The molecule has 16 heavy (non-hydrogen) atoms. The smallest absolute Gasteiger partial charge is 0.250 e. The first-order valence-electron chi connectivity index (χ1n) is 5.18. The number of ether oxygens (including phenoxy) is 1. The van der Waals surface area contributed by atoms with E-state index in [1.165, 1.54) is 7.11 Å². The van der Waals surface area contributed by atoms with Gasteiger partial charge >= 0.3 is 0 Å². The Balaban J connectivity index is 2.93. The normalized spacial score (nSPS) is 10.2. The predicted molar refractivity (Wildman–Crippen MR) is 64.3 cm³/mol. The van der Waals surface area contributed by atoms with Gasteiger partial charge in [-0.3, -0.25) is 4.79 Å². The monoisotopic (exact) mass is 222 g/mol. The lowest BCUT2D eigenvalue weighted by Crippen LogP contribution is -2.18. The third kappa shape index (κ3) is 2.81. The maximum Gasteiger partial charge on any atom is 0.250 e. The molecule has 4 nitrogen and oxygen atoms in total. The third-order valence-corrected chi connectivity index (χ3v) is 2.59. The highest BCUT2D eigenvalue weighted by Gasteiger charge is 2.08. The van der Waals surface area contributed by atoms with Crippen LogP contribution in [0.4, 0.5) is 5.69 Å². The first kappa shape index (κ1) is 12.7. The molecule has 0 aliphatic rings. The summed E-state index contributed by atoms with van der Waals surface area (Å²) in [5.41, 5.74) is 9.71. The Morgan fingerprint density at radius 2 is 2.12 bits per heavy atom. The van der Waals surface area contributed by atoms with Crippen molar-refractivity contribution in [2.45, 2.75) is 20.4 Å². The molecule has 1 aromatic carbocycles. The summed E-state index contributed by atoms with van der Waals surface area (Å²) in [6.07, 6.45) is 0. The minimum absolute atomic E-state index is 0.0608. The summed E-state index contributed by atoms with van der Waals surface area (Å²) in [5, 5.41) is 2.79. The van der Waals surface area contributed by atoms with Gasteiger partial charge in [-0.15, -0.1) is 0 Å². The van der Waals surface area contributed by atoms with Crippen molar-refractivity contribution < 1.29 is 9.53 Å². The number of nitrogens with two attached hydrogens (primary N) is 1. The van der Waals surface area contributed by atoms with Crippen molar-refractivity contribution in [3.8, 4) is 0 Å². The highest BCUT2D eigenvalue weighted by Crippen LogP contribution is 2.21. The second-order valence-electron chi connectivity index (χ2n) is 3.72. The van der Waals surface area contributed by atoms with Gasteiger partial charge in [-0.1, -0.05) is 6.07 Å². The number of hydrogen-bond acceptors (Lipinski definition) is 3. The molecule has 1 amide bonds. The molecule has 0 spiro atoms. The van der Waals surface area contributed by atoms with Crippen molar-refractivity contribution in [1.82, 2.24) is 0 Å². The Morgan fingerprint density at radius 3 is 2.69 bits per heavy atom. The van der Waals surface area contributed by atoms with Crippen LogP contribution in [0.25, 0.3) is 0 Å². The van der Waals surface area contributed by atoms with E-state index in [1.54, 1.807) is 0 Å². The topological polar surface area (TPSA) is 64.3 Å². The minimum atomic E-state index is -0.155. The van der Waals surface area contributed by atoms with E-state index in [0.29, 0.717) is 6.54 Å². The highest BCUT2D eigenvalue weighted by atomic mass is 16.5. The van der Waals surface area contributed by atoms with Crippen molar-refractivity contribution in [3.63, 3.8) is 0 Å². The van der Waals surface area contributed by atoms with Gasteiger partial charge in [0.2, 0.25) is 5.91 Å². The van der Waals surface area contributed by atoms with E-state index in [1.807, 2.05) is 26.0 Å². The standard InChI is InChI=1S/C12H18N2O2/c1-8-4-5-11(9(2)10(8)6-13)14-12(15)7-16-3/h4-5H,6-7,13H2,1-3H3,(H,14,15). The van der Waals surface area contributed by atoms with Crippen LogP contribution in [0, 0.1) is 13.8 Å².